The molecule has 1 aliphatic heterocycles. The summed E-state index contributed by atoms with van der Waals surface area (Å²) in [5.41, 5.74) is 1.61. The Morgan fingerprint density at radius 2 is 2.00 bits per heavy atom. The van der Waals surface area contributed by atoms with Gasteiger partial charge in [-0.25, -0.2) is 4.39 Å². The summed E-state index contributed by atoms with van der Waals surface area (Å²) < 4.78 is 19.4. The normalized spacial score (nSPS) is 18.7. The van der Waals surface area contributed by atoms with Gasteiger partial charge in [0.05, 0.1) is 19.3 Å². The molecule has 1 aromatic carbocycles. The van der Waals surface area contributed by atoms with Crippen molar-refractivity contribution >= 4 is 0 Å². The Bertz CT molecular complexity index is 470. The first-order valence-corrected chi connectivity index (χ1v) is 7.79. The Hall–Kier alpha value is -0.970. The fourth-order valence-corrected chi connectivity index (χ4v) is 3.09. The Balaban J connectivity index is 2.29. The third-order valence-corrected chi connectivity index (χ3v) is 4.47. The van der Waals surface area contributed by atoms with Crippen LogP contribution in [0.25, 0.3) is 0 Å². The van der Waals surface area contributed by atoms with Gasteiger partial charge >= 0.3 is 0 Å². The molecule has 1 saturated heterocycles. The number of benzene rings is 1. The number of nitrogens with zero attached hydrogens (tertiary/aromatic N) is 1. The second-order valence-corrected chi connectivity index (χ2v) is 6.25. The molecule has 21 heavy (non-hydrogen) atoms. The highest BCUT2D eigenvalue weighted by molar-refractivity contribution is 5.28. The van der Waals surface area contributed by atoms with Gasteiger partial charge in [-0.05, 0) is 44.5 Å². The number of ether oxygens (including phenoxy) is 1. The maximum atomic E-state index is 13.9. The summed E-state index contributed by atoms with van der Waals surface area (Å²) >= 11 is 0. The second kappa shape index (κ2) is 6.86. The molecule has 0 saturated carbocycles. The number of nitrogens with one attached hydrogen (secondary N) is 1. The molecule has 0 amide bonds. The summed E-state index contributed by atoms with van der Waals surface area (Å²) in [6.45, 7) is 12.6. The van der Waals surface area contributed by atoms with Crippen molar-refractivity contribution < 1.29 is 9.13 Å². The Kier molecular flexibility index (Phi) is 5.36. The monoisotopic (exact) mass is 294 g/mol. The average molecular weight is 294 g/mol. The molecule has 1 fully saturated rings. The Morgan fingerprint density at radius 3 is 2.57 bits per heavy atom. The summed E-state index contributed by atoms with van der Waals surface area (Å²) in [6, 6.07) is 5.67. The van der Waals surface area contributed by atoms with Crippen molar-refractivity contribution in [1.29, 1.82) is 0 Å². The van der Waals surface area contributed by atoms with E-state index >= 15 is 0 Å². The van der Waals surface area contributed by atoms with E-state index in [2.05, 4.69) is 31.0 Å². The van der Waals surface area contributed by atoms with Crippen LogP contribution < -0.4 is 5.32 Å². The van der Waals surface area contributed by atoms with Gasteiger partial charge in [0.25, 0.3) is 0 Å². The third kappa shape index (κ3) is 3.62. The third-order valence-electron chi connectivity index (χ3n) is 4.47. The van der Waals surface area contributed by atoms with Crippen LogP contribution >= 0.6 is 0 Å². The number of hydrogen-bond acceptors (Lipinski definition) is 3. The van der Waals surface area contributed by atoms with Crippen LogP contribution in [0, 0.1) is 12.7 Å². The van der Waals surface area contributed by atoms with Gasteiger partial charge in [-0.3, -0.25) is 4.90 Å². The van der Waals surface area contributed by atoms with Gasteiger partial charge in [0.2, 0.25) is 0 Å². The molecule has 1 unspecified atom stereocenters. The van der Waals surface area contributed by atoms with Gasteiger partial charge in [-0.1, -0.05) is 19.1 Å². The minimum Gasteiger partial charge on any atom is -0.379 e. The number of morpholine rings is 1. The molecule has 1 aromatic rings. The van der Waals surface area contributed by atoms with Gasteiger partial charge in [-0.2, -0.15) is 0 Å². The summed E-state index contributed by atoms with van der Waals surface area (Å²) in [4.78, 5) is 2.43. The number of aryl methyl sites for hydroxylation is 1. The maximum Gasteiger partial charge on any atom is 0.126 e. The topological polar surface area (TPSA) is 24.5 Å². The number of hydrogen-bond donors (Lipinski definition) is 1. The molecule has 1 atom stereocenters. The van der Waals surface area contributed by atoms with E-state index in [1.54, 1.807) is 13.0 Å². The Morgan fingerprint density at radius 1 is 1.33 bits per heavy atom. The van der Waals surface area contributed by atoms with Crippen molar-refractivity contribution in [3.05, 3.63) is 35.1 Å². The summed E-state index contributed by atoms with van der Waals surface area (Å²) in [7, 11) is 0. The van der Waals surface area contributed by atoms with E-state index in [4.69, 9.17) is 4.74 Å². The fraction of sp³-hybridized carbons (Fsp3) is 0.647. The fourth-order valence-electron chi connectivity index (χ4n) is 3.09. The minimum absolute atomic E-state index is 0.0932. The Labute approximate surface area is 127 Å². The van der Waals surface area contributed by atoms with Crippen LogP contribution in [0.15, 0.2) is 18.2 Å². The van der Waals surface area contributed by atoms with Crippen molar-refractivity contribution in [2.24, 2.45) is 0 Å². The van der Waals surface area contributed by atoms with E-state index in [9.17, 15) is 4.39 Å². The van der Waals surface area contributed by atoms with Crippen molar-refractivity contribution in [3.63, 3.8) is 0 Å². The molecule has 3 nitrogen and oxygen atoms in total. The molecule has 0 aromatic heterocycles. The quantitative estimate of drug-likeness (QED) is 0.904. The highest BCUT2D eigenvalue weighted by Gasteiger charge is 2.36. The van der Waals surface area contributed by atoms with Gasteiger partial charge in [-0.15, -0.1) is 0 Å². The van der Waals surface area contributed by atoms with Gasteiger partial charge in [0, 0.05) is 18.6 Å². The molecule has 0 spiro atoms. The molecule has 1 N–H and O–H groups in total. The smallest absolute Gasteiger partial charge is 0.126 e. The maximum absolute atomic E-state index is 13.9. The molecule has 4 heteroatoms. The summed E-state index contributed by atoms with van der Waals surface area (Å²) in [5, 5.41) is 3.53. The van der Waals surface area contributed by atoms with E-state index < -0.39 is 0 Å². The first-order chi connectivity index (χ1) is 9.96. The van der Waals surface area contributed by atoms with E-state index in [1.807, 2.05) is 12.1 Å². The van der Waals surface area contributed by atoms with Crippen LogP contribution in [-0.4, -0.2) is 43.3 Å². The number of likely N-dealkylation sites (N-methyl/N-ethyl adjacent to an activating group) is 1. The molecule has 0 aliphatic carbocycles. The number of rotatable bonds is 5. The first-order valence-electron chi connectivity index (χ1n) is 7.79. The summed E-state index contributed by atoms with van der Waals surface area (Å²) in [6.07, 6.45) is 0. The predicted molar refractivity (Wildman–Crippen MR) is 84.0 cm³/mol. The molecular weight excluding hydrogens is 267 g/mol. The molecular formula is C17H27FN2O. The minimum atomic E-state index is -0.131. The lowest BCUT2D eigenvalue weighted by molar-refractivity contribution is -0.0236. The van der Waals surface area contributed by atoms with Crippen LogP contribution in [0.3, 0.4) is 0 Å². The molecule has 2 rings (SSSR count). The lowest BCUT2D eigenvalue weighted by Crippen LogP contribution is -2.56. The standard InChI is InChI=1S/C17H27FN2O/c1-5-19-16(14-7-6-13(2)15(18)12-14)17(3,4)20-8-10-21-11-9-20/h6-7,12,16,19H,5,8-11H2,1-4H3. The number of halogens is 1. The molecule has 0 bridgehead atoms. The van der Waals surface area contributed by atoms with Crippen LogP contribution in [0.1, 0.15) is 37.9 Å². The van der Waals surface area contributed by atoms with E-state index in [0.717, 1.165) is 38.4 Å². The highest BCUT2D eigenvalue weighted by Crippen LogP contribution is 2.32. The lowest BCUT2D eigenvalue weighted by atomic mass is 9.86. The second-order valence-electron chi connectivity index (χ2n) is 6.25. The van der Waals surface area contributed by atoms with Crippen molar-refractivity contribution in [1.82, 2.24) is 10.2 Å². The molecule has 0 radical (unpaired) electrons. The zero-order chi connectivity index (χ0) is 15.5. The van der Waals surface area contributed by atoms with Gasteiger partial charge in [0.1, 0.15) is 5.82 Å². The lowest BCUT2D eigenvalue weighted by Gasteiger charge is -2.46. The molecule has 1 aliphatic rings. The van der Waals surface area contributed by atoms with Crippen LogP contribution in [0.5, 0.6) is 0 Å². The van der Waals surface area contributed by atoms with Crippen LogP contribution in [0.4, 0.5) is 4.39 Å². The molecule has 1 heterocycles. The van der Waals surface area contributed by atoms with E-state index in [-0.39, 0.29) is 17.4 Å². The first kappa shape index (κ1) is 16.4. The summed E-state index contributed by atoms with van der Waals surface area (Å²) in [5.74, 6) is -0.131. The predicted octanol–water partition coefficient (Wildman–Crippen LogP) is 2.90. The largest absolute Gasteiger partial charge is 0.379 e. The highest BCUT2D eigenvalue weighted by atomic mass is 19.1. The van der Waals surface area contributed by atoms with Crippen LogP contribution in [0.2, 0.25) is 0 Å². The van der Waals surface area contributed by atoms with E-state index in [1.165, 1.54) is 0 Å². The zero-order valence-corrected chi connectivity index (χ0v) is 13.6. The average Bonchev–Trinajstić information content (AvgIpc) is 2.48. The van der Waals surface area contributed by atoms with Gasteiger partial charge < -0.3 is 10.1 Å². The van der Waals surface area contributed by atoms with E-state index in [0.29, 0.717) is 5.56 Å². The molecule has 118 valence electrons. The van der Waals surface area contributed by atoms with Gasteiger partial charge in [0.15, 0.2) is 0 Å². The zero-order valence-electron chi connectivity index (χ0n) is 13.6. The van der Waals surface area contributed by atoms with Crippen molar-refractivity contribution in [2.45, 2.75) is 39.3 Å². The van der Waals surface area contributed by atoms with Crippen molar-refractivity contribution in [2.75, 3.05) is 32.8 Å². The van der Waals surface area contributed by atoms with Crippen molar-refractivity contribution in [3.8, 4) is 0 Å². The SMILES string of the molecule is CCNC(c1ccc(C)c(F)c1)C(C)(C)N1CCOCC1. The van der Waals surface area contributed by atoms with Crippen LogP contribution in [-0.2, 0) is 4.74 Å².